The molecule has 0 aliphatic heterocycles. The second-order valence-corrected chi connectivity index (χ2v) is 5.98. The van der Waals surface area contributed by atoms with Gasteiger partial charge in [0.15, 0.2) is 0 Å². The zero-order valence-electron chi connectivity index (χ0n) is 11.9. The number of carbonyl (C=O) groups is 1. The van der Waals surface area contributed by atoms with Gasteiger partial charge in [0.2, 0.25) is 0 Å². The van der Waals surface area contributed by atoms with Crippen LogP contribution >= 0.6 is 0 Å². The predicted octanol–water partition coefficient (Wildman–Crippen LogP) is 2.87. The second-order valence-electron chi connectivity index (χ2n) is 5.98. The summed E-state index contributed by atoms with van der Waals surface area (Å²) in [4.78, 5) is 23.8. The average molecular weight is 282 g/mol. The number of anilines is 1. The van der Waals surface area contributed by atoms with Gasteiger partial charge in [-0.25, -0.2) is 9.18 Å². The van der Waals surface area contributed by atoms with Crippen LogP contribution in [0.15, 0.2) is 23.1 Å². The molecule has 0 spiro atoms. The third-order valence-corrected chi connectivity index (χ3v) is 3.06. The third-order valence-electron chi connectivity index (χ3n) is 3.06. The molecule has 1 amide bonds. The fraction of sp³-hybridized carbons (Fsp3) is 0.571. The van der Waals surface area contributed by atoms with Gasteiger partial charge in [-0.2, -0.15) is 0 Å². The minimum Gasteiger partial charge on any atom is -0.444 e. The van der Waals surface area contributed by atoms with E-state index in [0.717, 1.165) is 0 Å². The molecule has 1 fully saturated rings. The van der Waals surface area contributed by atoms with Crippen molar-refractivity contribution >= 4 is 11.8 Å². The molecule has 1 aliphatic rings. The number of aromatic nitrogens is 1. The van der Waals surface area contributed by atoms with E-state index in [4.69, 9.17) is 4.74 Å². The van der Waals surface area contributed by atoms with Crippen LogP contribution in [0, 0.1) is 0 Å². The van der Waals surface area contributed by atoms with Gasteiger partial charge >= 0.3 is 6.09 Å². The Labute approximate surface area is 116 Å². The maximum Gasteiger partial charge on any atom is 0.412 e. The van der Waals surface area contributed by atoms with Crippen LogP contribution in [0.2, 0.25) is 0 Å². The second kappa shape index (κ2) is 5.26. The first-order valence-electron chi connectivity index (χ1n) is 6.61. The van der Waals surface area contributed by atoms with Gasteiger partial charge in [0.05, 0.1) is 0 Å². The molecule has 0 radical (unpaired) electrons. The van der Waals surface area contributed by atoms with Gasteiger partial charge in [-0.15, -0.1) is 0 Å². The van der Waals surface area contributed by atoms with Crippen LogP contribution in [-0.4, -0.2) is 22.4 Å². The van der Waals surface area contributed by atoms with Crippen molar-refractivity contribution in [2.75, 3.05) is 5.32 Å². The van der Waals surface area contributed by atoms with E-state index in [1.807, 2.05) is 0 Å². The zero-order chi connectivity index (χ0) is 14.9. The van der Waals surface area contributed by atoms with Crippen molar-refractivity contribution in [2.24, 2.45) is 0 Å². The summed E-state index contributed by atoms with van der Waals surface area (Å²) in [6.07, 6.45) is 0.781. The van der Waals surface area contributed by atoms with E-state index < -0.39 is 17.9 Å². The van der Waals surface area contributed by atoms with E-state index in [1.165, 1.54) is 10.6 Å². The van der Waals surface area contributed by atoms with E-state index >= 15 is 0 Å². The molecule has 0 bridgehead atoms. The number of halogens is 1. The van der Waals surface area contributed by atoms with Crippen molar-refractivity contribution in [3.63, 3.8) is 0 Å². The Bertz CT molecular complexity index is 556. The SMILES string of the molecule is CC(C)(C)OC(=O)Nc1cccn(C2CC(F)C2)c1=O. The van der Waals surface area contributed by atoms with E-state index in [-0.39, 0.29) is 17.3 Å². The maximum atomic E-state index is 12.9. The van der Waals surface area contributed by atoms with Crippen LogP contribution in [-0.2, 0) is 4.74 Å². The molecule has 1 N–H and O–H groups in total. The lowest BCUT2D eigenvalue weighted by Crippen LogP contribution is -2.36. The number of rotatable bonds is 2. The number of hydrogen-bond acceptors (Lipinski definition) is 3. The summed E-state index contributed by atoms with van der Waals surface area (Å²) in [7, 11) is 0. The van der Waals surface area contributed by atoms with Crippen molar-refractivity contribution < 1.29 is 13.9 Å². The molecule has 0 atom stereocenters. The summed E-state index contributed by atoms with van der Waals surface area (Å²) in [6.45, 7) is 5.23. The van der Waals surface area contributed by atoms with E-state index in [2.05, 4.69) is 5.32 Å². The lowest BCUT2D eigenvalue weighted by atomic mass is 9.90. The quantitative estimate of drug-likeness (QED) is 0.907. The van der Waals surface area contributed by atoms with Gasteiger partial charge in [-0.05, 0) is 45.7 Å². The smallest absolute Gasteiger partial charge is 0.412 e. The normalized spacial score (nSPS) is 22.0. The molecule has 20 heavy (non-hydrogen) atoms. The van der Waals surface area contributed by atoms with Crippen molar-refractivity contribution in [1.82, 2.24) is 4.57 Å². The van der Waals surface area contributed by atoms with Crippen LogP contribution in [0.3, 0.4) is 0 Å². The number of hydrogen-bond donors (Lipinski definition) is 1. The van der Waals surface area contributed by atoms with Crippen molar-refractivity contribution in [3.05, 3.63) is 28.7 Å². The van der Waals surface area contributed by atoms with Gasteiger partial charge in [0.1, 0.15) is 17.5 Å². The summed E-state index contributed by atoms with van der Waals surface area (Å²) in [5.41, 5.74) is -0.827. The molecular weight excluding hydrogens is 263 g/mol. The number of amides is 1. The van der Waals surface area contributed by atoms with Crippen LogP contribution in [0.1, 0.15) is 39.7 Å². The van der Waals surface area contributed by atoms with Gasteiger partial charge in [-0.3, -0.25) is 10.1 Å². The average Bonchev–Trinajstić information content (AvgIpc) is 2.26. The highest BCUT2D eigenvalue weighted by molar-refractivity contribution is 5.84. The first-order chi connectivity index (χ1) is 9.26. The molecule has 5 nitrogen and oxygen atoms in total. The summed E-state index contributed by atoms with van der Waals surface area (Å²) in [5, 5.41) is 2.43. The largest absolute Gasteiger partial charge is 0.444 e. The topological polar surface area (TPSA) is 60.3 Å². The molecule has 1 aromatic rings. The van der Waals surface area contributed by atoms with E-state index in [9.17, 15) is 14.0 Å². The Morgan fingerprint density at radius 3 is 2.65 bits per heavy atom. The first kappa shape index (κ1) is 14.6. The molecule has 1 heterocycles. The summed E-state index contributed by atoms with van der Waals surface area (Å²) in [5.74, 6) is 0. The lowest BCUT2D eigenvalue weighted by molar-refractivity contribution is 0.0635. The Morgan fingerprint density at radius 1 is 1.45 bits per heavy atom. The lowest BCUT2D eigenvalue weighted by Gasteiger charge is -2.31. The molecule has 0 unspecified atom stereocenters. The Hall–Kier alpha value is -1.85. The number of nitrogens with one attached hydrogen (secondary N) is 1. The molecule has 0 aromatic carbocycles. The van der Waals surface area contributed by atoms with Gasteiger partial charge in [-0.1, -0.05) is 0 Å². The molecule has 2 rings (SSSR count). The number of carbonyl (C=O) groups excluding carboxylic acids is 1. The Balaban J connectivity index is 2.11. The van der Waals surface area contributed by atoms with Gasteiger partial charge in [0, 0.05) is 12.2 Å². The number of alkyl halides is 1. The summed E-state index contributed by atoms with van der Waals surface area (Å²) >= 11 is 0. The van der Waals surface area contributed by atoms with Gasteiger partial charge < -0.3 is 9.30 Å². The highest BCUT2D eigenvalue weighted by atomic mass is 19.1. The summed E-state index contributed by atoms with van der Waals surface area (Å²) in [6, 6.07) is 3.03. The number of ether oxygens (including phenoxy) is 1. The van der Waals surface area contributed by atoms with Crippen LogP contribution < -0.4 is 10.9 Å². The minimum atomic E-state index is -0.839. The van der Waals surface area contributed by atoms with Crippen molar-refractivity contribution in [3.8, 4) is 0 Å². The van der Waals surface area contributed by atoms with E-state index in [1.54, 1.807) is 33.0 Å². The molecule has 1 aliphatic carbocycles. The van der Waals surface area contributed by atoms with Crippen LogP contribution in [0.5, 0.6) is 0 Å². The number of nitrogens with zero attached hydrogens (tertiary/aromatic N) is 1. The third kappa shape index (κ3) is 3.37. The molecule has 6 heteroatoms. The minimum absolute atomic E-state index is 0.127. The fourth-order valence-electron chi connectivity index (χ4n) is 2.05. The maximum absolute atomic E-state index is 12.9. The Kier molecular flexibility index (Phi) is 3.83. The predicted molar refractivity (Wildman–Crippen MR) is 73.7 cm³/mol. The summed E-state index contributed by atoms with van der Waals surface area (Å²) < 4.78 is 19.4. The Morgan fingerprint density at radius 2 is 2.10 bits per heavy atom. The standard InChI is InChI=1S/C14H19FN2O3/c1-14(2,3)20-13(19)16-11-5-4-6-17(12(11)18)10-7-9(15)8-10/h4-6,9-10H,7-8H2,1-3H3,(H,16,19). The highest BCUT2D eigenvalue weighted by Crippen LogP contribution is 2.33. The highest BCUT2D eigenvalue weighted by Gasteiger charge is 2.31. The first-order valence-corrected chi connectivity index (χ1v) is 6.61. The monoisotopic (exact) mass is 282 g/mol. The molecule has 0 saturated heterocycles. The van der Waals surface area contributed by atoms with Crippen molar-refractivity contribution in [1.29, 1.82) is 0 Å². The van der Waals surface area contributed by atoms with Crippen LogP contribution in [0.25, 0.3) is 0 Å². The fourth-order valence-corrected chi connectivity index (χ4v) is 2.05. The molecular formula is C14H19FN2O3. The van der Waals surface area contributed by atoms with Gasteiger partial charge in [0.25, 0.3) is 5.56 Å². The van der Waals surface area contributed by atoms with Crippen molar-refractivity contribution in [2.45, 2.75) is 51.4 Å². The molecule has 1 aromatic heterocycles. The van der Waals surface area contributed by atoms with Crippen LogP contribution in [0.4, 0.5) is 14.9 Å². The van der Waals surface area contributed by atoms with E-state index in [0.29, 0.717) is 12.8 Å². The molecule has 1 saturated carbocycles. The molecule has 110 valence electrons. The number of pyridine rings is 1. The zero-order valence-corrected chi connectivity index (χ0v) is 11.9.